The maximum Gasteiger partial charge on any atom is 0.300 e. The third-order valence-corrected chi connectivity index (χ3v) is 4.44. The lowest BCUT2D eigenvalue weighted by molar-refractivity contribution is -0.393. The number of nitrogens with zero attached hydrogens (tertiary/aromatic N) is 4. The molecule has 0 N–H and O–H groups in total. The lowest BCUT2D eigenvalue weighted by Gasteiger charge is -2.30. The van der Waals surface area contributed by atoms with E-state index in [4.69, 9.17) is 16.3 Å². The van der Waals surface area contributed by atoms with Gasteiger partial charge in [-0.15, -0.1) is 0 Å². The second-order valence-electron chi connectivity index (χ2n) is 5.50. The van der Waals surface area contributed by atoms with Gasteiger partial charge in [-0.25, -0.2) is 0 Å². The predicted molar refractivity (Wildman–Crippen MR) is 90.5 cm³/mol. The molecule has 132 valence electrons. The molecular weight excluding hydrogens is 356 g/mol. The number of nitro benzene ring substituents is 2. The summed E-state index contributed by atoms with van der Waals surface area (Å²) in [5.74, 6) is 0. The predicted octanol–water partition coefficient (Wildman–Crippen LogP) is 1.84. The number of anilines is 1. The van der Waals surface area contributed by atoms with Gasteiger partial charge in [0.05, 0.1) is 34.8 Å². The lowest BCUT2D eigenvalue weighted by Crippen LogP contribution is -2.37. The molecule has 1 fully saturated rings. The fourth-order valence-corrected chi connectivity index (χ4v) is 3.29. The van der Waals surface area contributed by atoms with Crippen LogP contribution in [0.2, 0.25) is 5.02 Å². The Kier molecular flexibility index (Phi) is 4.31. The number of pyridine rings is 1. The van der Waals surface area contributed by atoms with Crippen LogP contribution in [0.15, 0.2) is 16.9 Å². The van der Waals surface area contributed by atoms with E-state index < -0.39 is 26.8 Å². The Morgan fingerprint density at radius 1 is 1.16 bits per heavy atom. The first-order chi connectivity index (χ1) is 11.8. The molecule has 10 nitrogen and oxygen atoms in total. The van der Waals surface area contributed by atoms with E-state index in [1.165, 1.54) is 13.1 Å². The van der Waals surface area contributed by atoms with Crippen LogP contribution in [0.1, 0.15) is 0 Å². The van der Waals surface area contributed by atoms with E-state index in [0.29, 0.717) is 26.3 Å². The van der Waals surface area contributed by atoms with Crippen molar-refractivity contribution < 1.29 is 14.6 Å². The van der Waals surface area contributed by atoms with Crippen molar-refractivity contribution in [2.24, 2.45) is 7.05 Å². The van der Waals surface area contributed by atoms with E-state index in [1.54, 1.807) is 4.90 Å². The van der Waals surface area contributed by atoms with Gasteiger partial charge in [0.25, 0.3) is 11.2 Å². The van der Waals surface area contributed by atoms with Crippen LogP contribution in [-0.2, 0) is 11.8 Å². The number of aromatic nitrogens is 1. The summed E-state index contributed by atoms with van der Waals surface area (Å²) in [6, 6.07) is 2.05. The number of halogens is 1. The van der Waals surface area contributed by atoms with Crippen molar-refractivity contribution in [3.63, 3.8) is 0 Å². The summed E-state index contributed by atoms with van der Waals surface area (Å²) in [7, 11) is 1.35. The van der Waals surface area contributed by atoms with Gasteiger partial charge in [0.2, 0.25) is 0 Å². The van der Waals surface area contributed by atoms with E-state index in [1.807, 2.05) is 0 Å². The third kappa shape index (κ3) is 2.79. The SMILES string of the molecule is Cn1c(=O)c(Cl)c(N2CCOCC2)c2cc([N+](=O)[O-])cc([N+](=O)[O-])c21. The summed E-state index contributed by atoms with van der Waals surface area (Å²) in [6.45, 7) is 1.62. The minimum atomic E-state index is -0.744. The van der Waals surface area contributed by atoms with Crippen molar-refractivity contribution in [3.8, 4) is 0 Å². The Labute approximate surface area is 145 Å². The van der Waals surface area contributed by atoms with Gasteiger partial charge in [-0.05, 0) is 0 Å². The molecular formula is C14H13ClN4O6. The molecule has 1 aliphatic rings. The zero-order chi connectivity index (χ0) is 18.3. The van der Waals surface area contributed by atoms with Gasteiger partial charge in [-0.1, -0.05) is 11.6 Å². The van der Waals surface area contributed by atoms with Crippen molar-refractivity contribution in [1.82, 2.24) is 4.57 Å². The van der Waals surface area contributed by atoms with Gasteiger partial charge >= 0.3 is 5.69 Å². The van der Waals surface area contributed by atoms with Crippen molar-refractivity contribution in [2.45, 2.75) is 0 Å². The maximum atomic E-state index is 12.5. The molecule has 0 aliphatic carbocycles. The van der Waals surface area contributed by atoms with Gasteiger partial charge in [-0.2, -0.15) is 0 Å². The van der Waals surface area contributed by atoms with Crippen molar-refractivity contribution in [1.29, 1.82) is 0 Å². The van der Waals surface area contributed by atoms with E-state index in [2.05, 4.69) is 0 Å². The van der Waals surface area contributed by atoms with E-state index in [0.717, 1.165) is 10.6 Å². The smallest absolute Gasteiger partial charge is 0.300 e. The molecule has 0 bridgehead atoms. The number of ether oxygens (including phenoxy) is 1. The fourth-order valence-electron chi connectivity index (χ4n) is 2.95. The van der Waals surface area contributed by atoms with E-state index >= 15 is 0 Å². The topological polar surface area (TPSA) is 121 Å². The van der Waals surface area contributed by atoms with E-state index in [-0.39, 0.29) is 21.6 Å². The molecule has 0 spiro atoms. The summed E-state index contributed by atoms with van der Waals surface area (Å²) in [5, 5.41) is 22.7. The molecule has 11 heteroatoms. The number of hydrogen-bond donors (Lipinski definition) is 0. The Morgan fingerprint density at radius 3 is 2.36 bits per heavy atom. The number of hydrogen-bond acceptors (Lipinski definition) is 7. The van der Waals surface area contributed by atoms with Crippen LogP contribution >= 0.6 is 11.6 Å². The van der Waals surface area contributed by atoms with Gasteiger partial charge in [0.1, 0.15) is 10.5 Å². The minimum Gasteiger partial charge on any atom is -0.378 e. The zero-order valence-electron chi connectivity index (χ0n) is 13.1. The molecule has 25 heavy (non-hydrogen) atoms. The number of non-ortho nitro benzene ring substituents is 2. The number of nitro groups is 2. The Balaban J connectivity index is 2.47. The largest absolute Gasteiger partial charge is 0.378 e. The van der Waals surface area contributed by atoms with Crippen molar-refractivity contribution in [3.05, 3.63) is 47.7 Å². The summed E-state index contributed by atoms with van der Waals surface area (Å²) in [4.78, 5) is 35.4. The minimum absolute atomic E-state index is 0.00788. The molecule has 2 aromatic rings. The van der Waals surface area contributed by atoms with Crippen LogP contribution < -0.4 is 10.5 Å². The van der Waals surface area contributed by atoms with Crippen molar-refractivity contribution >= 4 is 39.6 Å². The standard InChI is InChI=1S/C14H13ClN4O6/c1-16-12-9(6-8(18(21)22)7-10(12)19(23)24)13(11(15)14(16)20)17-2-4-25-5-3-17/h6-7H,2-5H2,1H3. The zero-order valence-corrected chi connectivity index (χ0v) is 13.9. The average Bonchev–Trinajstić information content (AvgIpc) is 2.59. The number of rotatable bonds is 3. The molecule has 1 aromatic heterocycles. The monoisotopic (exact) mass is 368 g/mol. The van der Waals surface area contributed by atoms with Gasteiger partial charge in [0.15, 0.2) is 0 Å². The molecule has 2 heterocycles. The molecule has 1 saturated heterocycles. The number of morpholine rings is 1. The fraction of sp³-hybridized carbons (Fsp3) is 0.357. The summed E-state index contributed by atoms with van der Waals surface area (Å²) < 4.78 is 6.31. The Bertz CT molecular complexity index is 951. The van der Waals surface area contributed by atoms with Gasteiger partial charge in [-0.3, -0.25) is 25.0 Å². The highest BCUT2D eigenvalue weighted by molar-refractivity contribution is 6.34. The number of benzene rings is 1. The Hall–Kier alpha value is -2.72. The quantitative estimate of drug-likeness (QED) is 0.598. The molecule has 1 aromatic carbocycles. The highest BCUT2D eigenvalue weighted by Crippen LogP contribution is 2.38. The maximum absolute atomic E-state index is 12.5. The van der Waals surface area contributed by atoms with Crippen LogP contribution in [0.3, 0.4) is 0 Å². The van der Waals surface area contributed by atoms with E-state index in [9.17, 15) is 25.0 Å². The summed E-state index contributed by atoms with van der Waals surface area (Å²) >= 11 is 6.22. The van der Waals surface area contributed by atoms with Crippen molar-refractivity contribution in [2.75, 3.05) is 31.2 Å². The molecule has 1 aliphatic heterocycles. The summed E-state index contributed by atoms with van der Waals surface area (Å²) in [5.41, 5.74) is -1.31. The van der Waals surface area contributed by atoms with Gasteiger partial charge in [0, 0.05) is 31.6 Å². The van der Waals surface area contributed by atoms with Crippen LogP contribution in [0.5, 0.6) is 0 Å². The van der Waals surface area contributed by atoms with Gasteiger partial charge < -0.3 is 14.2 Å². The normalized spacial score (nSPS) is 14.7. The molecule has 0 saturated carbocycles. The first kappa shape index (κ1) is 17.1. The molecule has 0 unspecified atom stereocenters. The van der Waals surface area contributed by atoms with Crippen LogP contribution in [0.4, 0.5) is 17.1 Å². The van der Waals surface area contributed by atoms with Crippen LogP contribution in [-0.4, -0.2) is 40.7 Å². The highest BCUT2D eigenvalue weighted by Gasteiger charge is 2.28. The second-order valence-corrected chi connectivity index (χ2v) is 5.88. The molecule has 0 radical (unpaired) electrons. The summed E-state index contributed by atoms with van der Waals surface area (Å²) in [6.07, 6.45) is 0. The second kappa shape index (κ2) is 6.30. The third-order valence-electron chi connectivity index (χ3n) is 4.10. The Morgan fingerprint density at radius 2 is 1.80 bits per heavy atom. The first-order valence-corrected chi connectivity index (χ1v) is 7.68. The van der Waals surface area contributed by atoms with Crippen LogP contribution in [0, 0.1) is 20.2 Å². The number of fused-ring (bicyclic) bond motifs is 1. The lowest BCUT2D eigenvalue weighted by atomic mass is 10.1. The first-order valence-electron chi connectivity index (χ1n) is 7.30. The molecule has 3 rings (SSSR count). The molecule has 0 atom stereocenters. The average molecular weight is 369 g/mol. The van der Waals surface area contributed by atoms with Crippen LogP contribution in [0.25, 0.3) is 10.9 Å². The molecule has 0 amide bonds. The highest BCUT2D eigenvalue weighted by atomic mass is 35.5. The number of aryl methyl sites for hydroxylation is 1.